The van der Waals surface area contributed by atoms with Crippen LogP contribution in [0.5, 0.6) is 0 Å². The van der Waals surface area contributed by atoms with E-state index < -0.39 is 0 Å². The van der Waals surface area contributed by atoms with Crippen molar-refractivity contribution in [2.45, 2.75) is 45.3 Å². The summed E-state index contributed by atoms with van der Waals surface area (Å²) in [5.74, 6) is 0. The van der Waals surface area contributed by atoms with E-state index in [0.29, 0.717) is 6.10 Å². The summed E-state index contributed by atoms with van der Waals surface area (Å²) in [4.78, 5) is 0. The molecular formula is C9H19NO. The summed E-state index contributed by atoms with van der Waals surface area (Å²) in [6.07, 6.45) is 2.42. The second kappa shape index (κ2) is 2.46. The van der Waals surface area contributed by atoms with Gasteiger partial charge in [0.1, 0.15) is 0 Å². The first-order valence-corrected chi connectivity index (χ1v) is 4.21. The van der Waals surface area contributed by atoms with Crippen LogP contribution in [-0.2, 0) is 4.74 Å². The van der Waals surface area contributed by atoms with Crippen LogP contribution in [0.1, 0.15) is 33.6 Å². The summed E-state index contributed by atoms with van der Waals surface area (Å²) in [6, 6.07) is 0. The van der Waals surface area contributed by atoms with Gasteiger partial charge in [0.2, 0.25) is 0 Å². The Morgan fingerprint density at radius 1 is 1.36 bits per heavy atom. The molecule has 2 heteroatoms. The number of rotatable bonds is 1. The molecule has 0 heterocycles. The number of nitrogens with two attached hydrogens (primary N) is 1. The van der Waals surface area contributed by atoms with Crippen LogP contribution in [-0.4, -0.2) is 18.8 Å². The number of hydrogen-bond acceptors (Lipinski definition) is 2. The lowest BCUT2D eigenvalue weighted by molar-refractivity contribution is -0.0578. The molecule has 0 saturated heterocycles. The van der Waals surface area contributed by atoms with Crippen LogP contribution < -0.4 is 5.73 Å². The SMILES string of the molecule is COC1CC(N)(C(C)(C)C)C1. The number of hydrogen-bond donors (Lipinski definition) is 1. The second-order valence-electron chi connectivity index (χ2n) is 4.67. The summed E-state index contributed by atoms with van der Waals surface area (Å²) in [6.45, 7) is 6.58. The molecule has 0 amide bonds. The average Bonchev–Trinajstić information content (AvgIpc) is 1.78. The lowest BCUT2D eigenvalue weighted by atomic mass is 9.60. The molecule has 1 fully saturated rings. The fourth-order valence-corrected chi connectivity index (χ4v) is 1.53. The third kappa shape index (κ3) is 1.42. The Hall–Kier alpha value is -0.0800. The smallest absolute Gasteiger partial charge is 0.0606 e. The molecule has 11 heavy (non-hydrogen) atoms. The van der Waals surface area contributed by atoms with E-state index in [9.17, 15) is 0 Å². The van der Waals surface area contributed by atoms with Crippen molar-refractivity contribution in [1.29, 1.82) is 0 Å². The third-order valence-electron chi connectivity index (χ3n) is 3.01. The predicted molar refractivity (Wildman–Crippen MR) is 46.4 cm³/mol. The molecule has 1 aliphatic carbocycles. The average molecular weight is 157 g/mol. The van der Waals surface area contributed by atoms with Gasteiger partial charge in [-0.15, -0.1) is 0 Å². The number of methoxy groups -OCH3 is 1. The molecule has 1 aliphatic rings. The molecule has 1 rings (SSSR count). The molecule has 0 aromatic carbocycles. The zero-order valence-corrected chi connectivity index (χ0v) is 7.98. The van der Waals surface area contributed by atoms with Gasteiger partial charge in [0.05, 0.1) is 6.10 Å². The van der Waals surface area contributed by atoms with E-state index in [2.05, 4.69) is 20.8 Å². The van der Waals surface area contributed by atoms with Crippen LogP contribution in [0.3, 0.4) is 0 Å². The Kier molecular flexibility index (Phi) is 2.01. The van der Waals surface area contributed by atoms with Crippen molar-refractivity contribution in [1.82, 2.24) is 0 Å². The molecular weight excluding hydrogens is 138 g/mol. The fourth-order valence-electron chi connectivity index (χ4n) is 1.53. The highest BCUT2D eigenvalue weighted by Gasteiger charge is 2.48. The van der Waals surface area contributed by atoms with E-state index in [1.165, 1.54) is 0 Å². The van der Waals surface area contributed by atoms with Crippen molar-refractivity contribution in [2.24, 2.45) is 11.1 Å². The minimum atomic E-state index is 0.00762. The monoisotopic (exact) mass is 157 g/mol. The molecule has 0 atom stereocenters. The molecule has 1 saturated carbocycles. The maximum atomic E-state index is 6.17. The molecule has 0 aliphatic heterocycles. The van der Waals surface area contributed by atoms with Crippen LogP contribution in [0.2, 0.25) is 0 Å². The first-order valence-electron chi connectivity index (χ1n) is 4.21. The van der Waals surface area contributed by atoms with Crippen molar-refractivity contribution >= 4 is 0 Å². The van der Waals surface area contributed by atoms with Crippen LogP contribution in [0, 0.1) is 5.41 Å². The van der Waals surface area contributed by atoms with E-state index in [4.69, 9.17) is 10.5 Å². The van der Waals surface area contributed by atoms with Crippen molar-refractivity contribution in [3.8, 4) is 0 Å². The lowest BCUT2D eigenvalue weighted by Gasteiger charge is -2.52. The topological polar surface area (TPSA) is 35.2 Å². The Balaban J connectivity index is 2.49. The van der Waals surface area contributed by atoms with Gasteiger partial charge in [0.15, 0.2) is 0 Å². The van der Waals surface area contributed by atoms with E-state index in [1.807, 2.05) is 0 Å². The molecule has 0 radical (unpaired) electrons. The molecule has 0 bridgehead atoms. The minimum absolute atomic E-state index is 0.00762. The molecule has 2 nitrogen and oxygen atoms in total. The van der Waals surface area contributed by atoms with Crippen LogP contribution in [0.4, 0.5) is 0 Å². The Bertz CT molecular complexity index is 142. The first-order chi connectivity index (χ1) is 4.89. The quantitative estimate of drug-likeness (QED) is 0.626. The Labute approximate surface area is 69.1 Å². The number of ether oxygens (including phenoxy) is 1. The predicted octanol–water partition coefficient (Wildman–Crippen LogP) is 1.54. The Morgan fingerprint density at radius 2 is 1.82 bits per heavy atom. The zero-order chi connectivity index (χ0) is 8.70. The van der Waals surface area contributed by atoms with Gasteiger partial charge in [-0.1, -0.05) is 20.8 Å². The maximum Gasteiger partial charge on any atom is 0.0606 e. The van der Waals surface area contributed by atoms with Gasteiger partial charge < -0.3 is 10.5 Å². The summed E-state index contributed by atoms with van der Waals surface area (Å²) in [5, 5.41) is 0. The molecule has 0 aromatic rings. The first kappa shape index (κ1) is 9.01. The van der Waals surface area contributed by atoms with Crippen molar-refractivity contribution < 1.29 is 4.74 Å². The van der Waals surface area contributed by atoms with Crippen LogP contribution >= 0.6 is 0 Å². The van der Waals surface area contributed by atoms with Crippen molar-refractivity contribution in [2.75, 3.05) is 7.11 Å². The van der Waals surface area contributed by atoms with Gasteiger partial charge in [0.25, 0.3) is 0 Å². The summed E-state index contributed by atoms with van der Waals surface area (Å²) in [7, 11) is 1.76. The van der Waals surface area contributed by atoms with E-state index in [0.717, 1.165) is 12.8 Å². The van der Waals surface area contributed by atoms with Crippen molar-refractivity contribution in [3.63, 3.8) is 0 Å². The van der Waals surface area contributed by atoms with Gasteiger partial charge in [-0.2, -0.15) is 0 Å². The zero-order valence-electron chi connectivity index (χ0n) is 7.98. The van der Waals surface area contributed by atoms with Gasteiger partial charge in [-0.05, 0) is 18.3 Å². The van der Waals surface area contributed by atoms with Crippen LogP contribution in [0.15, 0.2) is 0 Å². The highest BCUT2D eigenvalue weighted by Crippen LogP contribution is 2.44. The summed E-state index contributed by atoms with van der Waals surface area (Å²) >= 11 is 0. The summed E-state index contributed by atoms with van der Waals surface area (Å²) in [5.41, 5.74) is 6.38. The third-order valence-corrected chi connectivity index (χ3v) is 3.01. The molecule has 0 aromatic heterocycles. The standard InChI is InChI=1S/C9H19NO/c1-8(2,3)9(10)5-7(6-9)11-4/h7H,5-6,10H2,1-4H3. The molecule has 2 N–H and O–H groups in total. The van der Waals surface area contributed by atoms with E-state index in [1.54, 1.807) is 7.11 Å². The summed E-state index contributed by atoms with van der Waals surface area (Å²) < 4.78 is 5.20. The van der Waals surface area contributed by atoms with Gasteiger partial charge in [0, 0.05) is 12.6 Å². The molecule has 0 unspecified atom stereocenters. The highest BCUT2D eigenvalue weighted by atomic mass is 16.5. The van der Waals surface area contributed by atoms with Gasteiger partial charge in [-0.25, -0.2) is 0 Å². The largest absolute Gasteiger partial charge is 0.381 e. The second-order valence-corrected chi connectivity index (χ2v) is 4.67. The van der Waals surface area contributed by atoms with E-state index in [-0.39, 0.29) is 11.0 Å². The molecule has 66 valence electrons. The van der Waals surface area contributed by atoms with E-state index >= 15 is 0 Å². The molecule has 0 spiro atoms. The van der Waals surface area contributed by atoms with Gasteiger partial charge >= 0.3 is 0 Å². The maximum absolute atomic E-state index is 6.17. The minimum Gasteiger partial charge on any atom is -0.381 e. The van der Waals surface area contributed by atoms with Crippen LogP contribution in [0.25, 0.3) is 0 Å². The lowest BCUT2D eigenvalue weighted by Crippen LogP contribution is -2.62. The highest BCUT2D eigenvalue weighted by molar-refractivity contribution is 5.06. The normalized spacial score (nSPS) is 38.5. The Morgan fingerprint density at radius 3 is 2.09 bits per heavy atom. The van der Waals surface area contributed by atoms with Crippen molar-refractivity contribution in [3.05, 3.63) is 0 Å². The van der Waals surface area contributed by atoms with Gasteiger partial charge in [-0.3, -0.25) is 0 Å². The fraction of sp³-hybridized carbons (Fsp3) is 1.00.